The molecule has 1 aliphatic carbocycles. The van der Waals surface area contributed by atoms with Crippen molar-refractivity contribution in [2.75, 3.05) is 14.2 Å². The van der Waals surface area contributed by atoms with Gasteiger partial charge in [-0.15, -0.1) is 0 Å². The van der Waals surface area contributed by atoms with Crippen LogP contribution >= 0.6 is 15.9 Å². The number of aliphatic hydroxyl groups excluding tert-OH is 1. The Kier molecular flexibility index (Phi) is 3.57. The summed E-state index contributed by atoms with van der Waals surface area (Å²) in [6.07, 6.45) is 3.64. The molecule has 0 radical (unpaired) electrons. The second kappa shape index (κ2) is 5.26. The van der Waals surface area contributed by atoms with Gasteiger partial charge in [0.1, 0.15) is 27.8 Å². The van der Waals surface area contributed by atoms with Crippen molar-refractivity contribution in [3.8, 4) is 11.5 Å². The summed E-state index contributed by atoms with van der Waals surface area (Å²) < 4.78 is 16.6. The monoisotopic (exact) mass is 354 g/mol. The lowest BCUT2D eigenvalue weighted by molar-refractivity contribution is 0.0598. The first-order chi connectivity index (χ1) is 10.1. The summed E-state index contributed by atoms with van der Waals surface area (Å²) in [5.41, 5.74) is 0.557. The highest BCUT2D eigenvalue weighted by Gasteiger charge is 2.38. The zero-order chi connectivity index (χ0) is 15.1. The molecule has 5 nitrogen and oxygen atoms in total. The van der Waals surface area contributed by atoms with Crippen molar-refractivity contribution in [1.82, 2.24) is 0 Å². The minimum absolute atomic E-state index is 0.0388. The number of ether oxygens (including phenoxy) is 3. The largest absolute Gasteiger partial charge is 0.507 e. The number of esters is 1. The first-order valence-corrected chi connectivity index (χ1v) is 7.42. The van der Waals surface area contributed by atoms with E-state index in [1.807, 2.05) is 0 Å². The van der Waals surface area contributed by atoms with Crippen LogP contribution < -0.4 is 9.47 Å². The Morgan fingerprint density at radius 1 is 1.43 bits per heavy atom. The number of hydrogen-bond donors (Lipinski definition) is 1. The highest BCUT2D eigenvalue weighted by atomic mass is 79.9. The number of carbonyl (C=O) groups excluding carboxylic acids is 1. The van der Waals surface area contributed by atoms with Gasteiger partial charge in [-0.2, -0.15) is 0 Å². The molecular formula is C15H15BrO5. The van der Waals surface area contributed by atoms with Crippen LogP contribution in [0.25, 0.3) is 5.76 Å². The topological polar surface area (TPSA) is 65.0 Å². The molecule has 0 bridgehead atoms. The maximum Gasteiger partial charge on any atom is 0.338 e. The maximum atomic E-state index is 12.0. The highest BCUT2D eigenvalue weighted by molar-refractivity contribution is 9.10. The normalized spacial score (nSPS) is 20.1. The van der Waals surface area contributed by atoms with E-state index in [9.17, 15) is 9.90 Å². The molecule has 2 aliphatic rings. The van der Waals surface area contributed by atoms with Crippen molar-refractivity contribution in [3.05, 3.63) is 27.7 Å². The zero-order valence-electron chi connectivity index (χ0n) is 11.7. The Balaban J connectivity index is 2.17. The van der Waals surface area contributed by atoms with Gasteiger partial charge in [-0.05, 0) is 46.8 Å². The van der Waals surface area contributed by atoms with E-state index in [2.05, 4.69) is 15.9 Å². The first kappa shape index (κ1) is 14.3. The van der Waals surface area contributed by atoms with Crippen LogP contribution in [0, 0.1) is 5.92 Å². The van der Waals surface area contributed by atoms with Crippen molar-refractivity contribution in [1.29, 1.82) is 0 Å². The van der Waals surface area contributed by atoms with E-state index >= 15 is 0 Å². The third kappa shape index (κ3) is 2.37. The van der Waals surface area contributed by atoms with E-state index < -0.39 is 5.97 Å². The van der Waals surface area contributed by atoms with Gasteiger partial charge in [-0.25, -0.2) is 4.79 Å². The fourth-order valence-electron chi connectivity index (χ4n) is 2.46. The van der Waals surface area contributed by atoms with Crippen molar-refractivity contribution >= 4 is 27.7 Å². The standard InChI is InChI=1S/C15H15BrO5/c1-19-11-5-8(15(18)20-2)12-9(17)6-10(7-3-4-7)21-14(12)13(11)16/h5-7,10,17H,3-4H2,1-2H3. The Hall–Kier alpha value is -1.69. The average molecular weight is 355 g/mol. The number of halogens is 1. The van der Waals surface area contributed by atoms with Gasteiger partial charge < -0.3 is 19.3 Å². The molecule has 1 atom stereocenters. The fourth-order valence-corrected chi connectivity index (χ4v) is 3.03. The van der Waals surface area contributed by atoms with Crippen LogP contribution in [0.1, 0.15) is 28.8 Å². The summed E-state index contributed by atoms with van der Waals surface area (Å²) in [6, 6.07) is 1.53. The quantitative estimate of drug-likeness (QED) is 0.843. The summed E-state index contributed by atoms with van der Waals surface area (Å²) in [5, 5.41) is 10.3. The van der Waals surface area contributed by atoms with Crippen LogP contribution in [0.5, 0.6) is 11.5 Å². The molecule has 6 heteroatoms. The number of carbonyl (C=O) groups is 1. The molecule has 1 heterocycles. The second-order valence-electron chi connectivity index (χ2n) is 5.11. The molecular weight excluding hydrogens is 340 g/mol. The van der Waals surface area contributed by atoms with Crippen LogP contribution in [0.15, 0.2) is 16.6 Å². The van der Waals surface area contributed by atoms with Crippen molar-refractivity contribution in [2.45, 2.75) is 18.9 Å². The van der Waals surface area contributed by atoms with Gasteiger partial charge in [0.25, 0.3) is 0 Å². The fraction of sp³-hybridized carbons (Fsp3) is 0.400. The maximum absolute atomic E-state index is 12.0. The molecule has 1 aromatic rings. The Bertz CT molecular complexity index is 633. The number of aliphatic hydroxyl groups is 1. The third-order valence-electron chi connectivity index (χ3n) is 3.73. The third-order valence-corrected chi connectivity index (χ3v) is 4.48. The Labute approximate surface area is 130 Å². The molecule has 1 saturated carbocycles. The molecule has 1 unspecified atom stereocenters. The number of hydrogen-bond acceptors (Lipinski definition) is 5. The predicted octanol–water partition coefficient (Wildman–Crippen LogP) is 3.31. The number of fused-ring (bicyclic) bond motifs is 1. The van der Waals surface area contributed by atoms with Gasteiger partial charge in [-0.1, -0.05) is 0 Å². The van der Waals surface area contributed by atoms with Gasteiger partial charge in [-0.3, -0.25) is 0 Å². The predicted molar refractivity (Wildman–Crippen MR) is 79.8 cm³/mol. The van der Waals surface area contributed by atoms with E-state index in [0.29, 0.717) is 27.5 Å². The van der Waals surface area contributed by atoms with Crippen LogP contribution in [0.2, 0.25) is 0 Å². The molecule has 1 aromatic carbocycles. The van der Waals surface area contributed by atoms with Crippen LogP contribution in [0.3, 0.4) is 0 Å². The van der Waals surface area contributed by atoms with Gasteiger partial charge >= 0.3 is 5.97 Å². The van der Waals surface area contributed by atoms with Crippen molar-refractivity contribution in [2.24, 2.45) is 5.92 Å². The second-order valence-corrected chi connectivity index (χ2v) is 5.90. The lowest BCUT2D eigenvalue weighted by Gasteiger charge is -2.26. The van der Waals surface area contributed by atoms with Gasteiger partial charge in [0.2, 0.25) is 0 Å². The van der Waals surface area contributed by atoms with Gasteiger partial charge in [0.05, 0.1) is 25.3 Å². The Morgan fingerprint density at radius 3 is 2.71 bits per heavy atom. The molecule has 21 heavy (non-hydrogen) atoms. The average Bonchev–Trinajstić information content (AvgIpc) is 3.32. The first-order valence-electron chi connectivity index (χ1n) is 6.63. The van der Waals surface area contributed by atoms with Crippen LogP contribution in [-0.4, -0.2) is 31.4 Å². The summed E-state index contributed by atoms with van der Waals surface area (Å²) in [7, 11) is 2.80. The lowest BCUT2D eigenvalue weighted by Crippen LogP contribution is -2.23. The van der Waals surface area contributed by atoms with E-state index in [4.69, 9.17) is 14.2 Å². The van der Waals surface area contributed by atoms with Gasteiger partial charge in [0.15, 0.2) is 0 Å². The molecule has 0 saturated heterocycles. The van der Waals surface area contributed by atoms with Crippen molar-refractivity contribution in [3.63, 3.8) is 0 Å². The molecule has 0 amide bonds. The smallest absolute Gasteiger partial charge is 0.338 e. The minimum atomic E-state index is -0.550. The van der Waals surface area contributed by atoms with E-state index in [1.54, 1.807) is 6.08 Å². The van der Waals surface area contributed by atoms with Crippen LogP contribution in [-0.2, 0) is 4.74 Å². The summed E-state index contributed by atoms with van der Waals surface area (Å²) >= 11 is 3.42. The SMILES string of the molecule is COC(=O)c1cc(OC)c(Br)c2c1C(O)=CC(C1CC1)O2. The summed E-state index contributed by atoms with van der Waals surface area (Å²) in [6.45, 7) is 0. The molecule has 1 aliphatic heterocycles. The molecule has 3 rings (SSSR count). The number of benzene rings is 1. The van der Waals surface area contributed by atoms with Crippen molar-refractivity contribution < 1.29 is 24.1 Å². The summed E-state index contributed by atoms with van der Waals surface area (Å²) in [4.78, 5) is 12.0. The van der Waals surface area contributed by atoms with Gasteiger partial charge in [0, 0.05) is 0 Å². The lowest BCUT2D eigenvalue weighted by atomic mass is 9.99. The molecule has 1 fully saturated rings. The molecule has 1 N–H and O–H groups in total. The minimum Gasteiger partial charge on any atom is -0.507 e. The van der Waals surface area contributed by atoms with E-state index in [0.717, 1.165) is 12.8 Å². The number of rotatable bonds is 3. The van der Waals surface area contributed by atoms with E-state index in [1.165, 1.54) is 20.3 Å². The number of methoxy groups -OCH3 is 2. The highest BCUT2D eigenvalue weighted by Crippen LogP contribution is 2.48. The molecule has 112 valence electrons. The molecule has 0 spiro atoms. The summed E-state index contributed by atoms with van der Waals surface area (Å²) in [5.74, 6) is 0.785. The van der Waals surface area contributed by atoms with Crippen LogP contribution in [0.4, 0.5) is 0 Å². The Morgan fingerprint density at radius 2 is 2.14 bits per heavy atom. The zero-order valence-corrected chi connectivity index (χ0v) is 13.3. The van der Waals surface area contributed by atoms with E-state index in [-0.39, 0.29) is 17.4 Å². The molecule has 0 aromatic heterocycles.